The van der Waals surface area contributed by atoms with Gasteiger partial charge in [-0.15, -0.1) is 16.9 Å². The molecule has 5 rings (SSSR count). The molecule has 0 spiro atoms. The molecule has 1 aliphatic carbocycles. The fourth-order valence-electron chi connectivity index (χ4n) is 4.33. The highest BCUT2D eigenvalue weighted by molar-refractivity contribution is 8.01. The van der Waals surface area contributed by atoms with Gasteiger partial charge in [0.1, 0.15) is 23.2 Å². The number of β-lactam (4-membered cyclic amide) rings is 1. The standard InChI is InChI=1S/C20H24N10O6S3/c21-19-23-14(26-39-19)11(25-36-10-3-1-2-4-10)15(32)22-12-16(33)30-13(18(34)35)9(7-37-17(12)30)8-38-20-24-27-28-29(20)5-6-31/h10,12,17,31H,1-8H2,(H,22,32)(H,34,35)(H2,21,23,26)/t12?,17-/m0/s1. The molecule has 0 radical (unpaired) electrons. The number of aromatic nitrogens is 6. The van der Waals surface area contributed by atoms with Crippen molar-refractivity contribution in [2.45, 2.75) is 54.9 Å². The van der Waals surface area contributed by atoms with Gasteiger partial charge in [-0.25, -0.2) is 9.48 Å². The maximum absolute atomic E-state index is 13.2. The number of carboxylic acids is 1. The van der Waals surface area contributed by atoms with E-state index in [1.54, 1.807) is 0 Å². The van der Waals surface area contributed by atoms with Crippen molar-refractivity contribution in [2.75, 3.05) is 23.8 Å². The summed E-state index contributed by atoms with van der Waals surface area (Å²) in [6.07, 6.45) is 3.54. The van der Waals surface area contributed by atoms with Gasteiger partial charge in [0.05, 0.1) is 13.2 Å². The number of rotatable bonds is 11. The van der Waals surface area contributed by atoms with Gasteiger partial charge in [0.15, 0.2) is 5.13 Å². The number of oxime groups is 1. The summed E-state index contributed by atoms with van der Waals surface area (Å²) in [5, 5.41) is 36.9. The van der Waals surface area contributed by atoms with Crippen LogP contribution in [-0.4, -0.2) is 104 Å². The third-order valence-electron chi connectivity index (χ3n) is 6.19. The van der Waals surface area contributed by atoms with Crippen LogP contribution in [0.2, 0.25) is 0 Å². The van der Waals surface area contributed by atoms with Gasteiger partial charge in [0.25, 0.3) is 11.8 Å². The molecule has 5 N–H and O–H groups in total. The molecule has 39 heavy (non-hydrogen) atoms. The predicted molar refractivity (Wildman–Crippen MR) is 140 cm³/mol. The number of nitrogen functional groups attached to an aromatic ring is 1. The monoisotopic (exact) mass is 596 g/mol. The highest BCUT2D eigenvalue weighted by Crippen LogP contribution is 2.41. The SMILES string of the molecule is Nc1nc(C(=NOC2CCCC2)C(=O)NC2C(=O)N3C(C(=O)O)=C(CSc4nnnn4CCO)CS[C@@H]23)ns1. The second-order valence-corrected chi connectivity index (χ2v) is 11.6. The van der Waals surface area contributed by atoms with Crippen LogP contribution in [0.3, 0.4) is 0 Å². The first-order valence-electron chi connectivity index (χ1n) is 11.9. The highest BCUT2D eigenvalue weighted by atomic mass is 32.2. The van der Waals surface area contributed by atoms with E-state index in [1.807, 2.05) is 0 Å². The van der Waals surface area contributed by atoms with E-state index in [-0.39, 0.29) is 47.4 Å². The number of aliphatic hydroxyl groups excluding tert-OH is 1. The van der Waals surface area contributed by atoms with Crippen molar-refractivity contribution in [3.8, 4) is 0 Å². The Bertz CT molecular complexity index is 1320. The number of nitrogens with zero attached hydrogens (tertiary/aromatic N) is 8. The molecule has 2 fully saturated rings. The summed E-state index contributed by atoms with van der Waals surface area (Å²) in [5.74, 6) is -2.01. The number of aliphatic carboxylic acids is 1. The first-order chi connectivity index (χ1) is 18.9. The smallest absolute Gasteiger partial charge is 0.352 e. The number of tetrazole rings is 1. The Labute approximate surface area is 233 Å². The number of amides is 2. The fourth-order valence-corrected chi connectivity index (χ4v) is 7.15. The number of hydrogen-bond donors (Lipinski definition) is 4. The Morgan fingerprint density at radius 1 is 1.31 bits per heavy atom. The van der Waals surface area contributed by atoms with Crippen LogP contribution in [0.5, 0.6) is 0 Å². The Balaban J connectivity index is 1.29. The molecule has 0 aromatic carbocycles. The number of aliphatic hydroxyl groups is 1. The zero-order chi connectivity index (χ0) is 27.5. The van der Waals surface area contributed by atoms with E-state index in [0.29, 0.717) is 16.5 Å². The topological polar surface area (TPSA) is 224 Å². The van der Waals surface area contributed by atoms with Crippen LogP contribution in [0.1, 0.15) is 31.5 Å². The molecule has 4 heterocycles. The molecule has 1 saturated heterocycles. The van der Waals surface area contributed by atoms with Gasteiger partial charge < -0.3 is 26.1 Å². The molecule has 3 aliphatic rings. The fraction of sp³-hybridized carbons (Fsp3) is 0.550. The van der Waals surface area contributed by atoms with Crippen LogP contribution < -0.4 is 11.1 Å². The summed E-state index contributed by atoms with van der Waals surface area (Å²) in [5.41, 5.74) is 5.87. The average molecular weight is 597 g/mol. The summed E-state index contributed by atoms with van der Waals surface area (Å²) in [4.78, 5) is 49.2. The van der Waals surface area contributed by atoms with Crippen LogP contribution >= 0.6 is 35.1 Å². The van der Waals surface area contributed by atoms with Crippen molar-refractivity contribution in [1.82, 2.24) is 39.8 Å². The summed E-state index contributed by atoms with van der Waals surface area (Å²) in [7, 11) is 0. The molecule has 2 atom stereocenters. The number of carbonyl (C=O) groups excluding carboxylic acids is 2. The molecule has 2 amide bonds. The number of carboxylic acid groups (broad SMARTS) is 1. The van der Waals surface area contributed by atoms with Crippen molar-refractivity contribution < 1.29 is 29.4 Å². The summed E-state index contributed by atoms with van der Waals surface area (Å²) >= 11 is 3.43. The minimum absolute atomic E-state index is 0.0121. The first kappa shape index (κ1) is 27.3. The lowest BCUT2D eigenvalue weighted by atomic mass is 10.0. The maximum Gasteiger partial charge on any atom is 0.352 e. The highest BCUT2D eigenvalue weighted by Gasteiger charge is 2.54. The third kappa shape index (κ3) is 5.70. The lowest BCUT2D eigenvalue weighted by molar-refractivity contribution is -0.150. The number of hydrogen-bond acceptors (Lipinski definition) is 15. The van der Waals surface area contributed by atoms with Gasteiger partial charge in [-0.2, -0.15) is 9.36 Å². The zero-order valence-electron chi connectivity index (χ0n) is 20.3. The summed E-state index contributed by atoms with van der Waals surface area (Å²) in [6, 6.07) is -0.976. The number of nitrogens with one attached hydrogen (secondary N) is 1. The summed E-state index contributed by atoms with van der Waals surface area (Å²) in [6.45, 7) is 0.0443. The molecule has 2 aromatic heterocycles. The minimum Gasteiger partial charge on any atom is -0.477 e. The van der Waals surface area contributed by atoms with Gasteiger partial charge in [0, 0.05) is 23.0 Å². The van der Waals surface area contributed by atoms with Crippen molar-refractivity contribution in [2.24, 2.45) is 5.16 Å². The van der Waals surface area contributed by atoms with E-state index < -0.39 is 29.2 Å². The van der Waals surface area contributed by atoms with E-state index in [4.69, 9.17) is 15.7 Å². The second kappa shape index (κ2) is 11.8. The molecule has 208 valence electrons. The van der Waals surface area contributed by atoms with E-state index in [9.17, 15) is 19.5 Å². The van der Waals surface area contributed by atoms with Gasteiger partial charge in [-0.1, -0.05) is 16.9 Å². The molecule has 1 unspecified atom stereocenters. The minimum atomic E-state index is -1.25. The largest absolute Gasteiger partial charge is 0.477 e. The number of nitrogens with two attached hydrogens (primary N) is 1. The number of fused-ring (bicyclic) bond motifs is 1. The van der Waals surface area contributed by atoms with E-state index >= 15 is 0 Å². The number of carbonyl (C=O) groups is 3. The summed E-state index contributed by atoms with van der Waals surface area (Å²) < 4.78 is 5.46. The van der Waals surface area contributed by atoms with Crippen molar-refractivity contribution in [3.05, 3.63) is 17.1 Å². The third-order valence-corrected chi connectivity index (χ3v) is 9.11. The quantitative estimate of drug-likeness (QED) is 0.109. The molecular weight excluding hydrogens is 572 g/mol. The second-order valence-electron chi connectivity index (χ2n) is 8.72. The molecule has 2 aromatic rings. The number of thioether (sulfide) groups is 2. The van der Waals surface area contributed by atoms with Gasteiger partial charge in [0.2, 0.25) is 16.7 Å². The van der Waals surface area contributed by atoms with Crippen LogP contribution in [0.4, 0.5) is 5.13 Å². The Kier molecular flexibility index (Phi) is 8.29. The van der Waals surface area contributed by atoms with Crippen LogP contribution in [0.15, 0.2) is 21.6 Å². The number of anilines is 1. The van der Waals surface area contributed by atoms with E-state index in [0.717, 1.165) is 37.2 Å². The van der Waals surface area contributed by atoms with E-state index in [1.165, 1.54) is 33.1 Å². The van der Waals surface area contributed by atoms with Crippen LogP contribution in [-0.2, 0) is 25.8 Å². The lowest BCUT2D eigenvalue weighted by Gasteiger charge is -2.49. The molecule has 19 heteroatoms. The maximum atomic E-state index is 13.2. The molecule has 0 bridgehead atoms. The lowest BCUT2D eigenvalue weighted by Crippen LogP contribution is -2.71. The normalized spacial score (nSPS) is 21.6. The van der Waals surface area contributed by atoms with Gasteiger partial charge in [-0.3, -0.25) is 14.5 Å². The zero-order valence-corrected chi connectivity index (χ0v) is 22.7. The van der Waals surface area contributed by atoms with Gasteiger partial charge >= 0.3 is 5.97 Å². The van der Waals surface area contributed by atoms with Gasteiger partial charge in [-0.05, 0) is 41.7 Å². The Morgan fingerprint density at radius 3 is 2.79 bits per heavy atom. The molecule has 16 nitrogen and oxygen atoms in total. The van der Waals surface area contributed by atoms with Crippen molar-refractivity contribution in [3.63, 3.8) is 0 Å². The van der Waals surface area contributed by atoms with Crippen molar-refractivity contribution in [1.29, 1.82) is 0 Å². The molecule has 2 aliphatic heterocycles. The Hall–Kier alpha value is -3.29. The molecule has 1 saturated carbocycles. The van der Waals surface area contributed by atoms with Crippen molar-refractivity contribution >= 4 is 63.7 Å². The van der Waals surface area contributed by atoms with Crippen LogP contribution in [0.25, 0.3) is 0 Å². The average Bonchev–Trinajstić information content (AvgIpc) is 3.69. The first-order valence-corrected chi connectivity index (χ1v) is 14.7. The predicted octanol–water partition coefficient (Wildman–Crippen LogP) is -0.707. The van der Waals surface area contributed by atoms with E-state index in [2.05, 4.69) is 35.4 Å². The molecular formula is C20H24N10O6S3. The Morgan fingerprint density at radius 2 is 2.10 bits per heavy atom. The van der Waals surface area contributed by atoms with Crippen LogP contribution in [0, 0.1) is 0 Å².